The van der Waals surface area contributed by atoms with Gasteiger partial charge in [0.05, 0.1) is 16.0 Å². The van der Waals surface area contributed by atoms with Gasteiger partial charge in [0.1, 0.15) is 0 Å². The molecule has 2 N–H and O–H groups in total. The van der Waals surface area contributed by atoms with Crippen LogP contribution in [0, 0.1) is 5.41 Å². The molecule has 1 atom stereocenters. The predicted molar refractivity (Wildman–Crippen MR) is 101 cm³/mol. The molecule has 2 aromatic carbocycles. The number of carbonyl (C=O) groups is 2. The zero-order chi connectivity index (χ0) is 18.7. The fourth-order valence-electron chi connectivity index (χ4n) is 3.22. The maximum Gasteiger partial charge on any atom is 0.310 e. The molecule has 1 aliphatic rings. The third-order valence-electron chi connectivity index (χ3n) is 4.78. The highest BCUT2D eigenvalue weighted by Crippen LogP contribution is 2.31. The standard InChI is InChI=1S/C20H21ClN2O3/c1-20(19(25)26)9-10-23(13-20)12-14-5-4-6-15(11-14)22-18(24)16-7-2-3-8-17(16)21/h2-8,11H,9-10,12-13H2,1H3,(H,22,24)(H,25,26). The molecule has 0 aromatic heterocycles. The third kappa shape index (κ3) is 4.06. The summed E-state index contributed by atoms with van der Waals surface area (Å²) in [5, 5.41) is 12.6. The normalized spacial score (nSPS) is 20.1. The molecular weight excluding hydrogens is 352 g/mol. The number of carboxylic acids is 1. The molecule has 1 heterocycles. The molecule has 5 nitrogen and oxygen atoms in total. The van der Waals surface area contributed by atoms with Crippen LogP contribution in [0.15, 0.2) is 48.5 Å². The first kappa shape index (κ1) is 18.4. The van der Waals surface area contributed by atoms with Crippen LogP contribution < -0.4 is 5.32 Å². The summed E-state index contributed by atoms with van der Waals surface area (Å²) in [4.78, 5) is 25.9. The van der Waals surface area contributed by atoms with Gasteiger partial charge < -0.3 is 10.4 Å². The van der Waals surface area contributed by atoms with Gasteiger partial charge >= 0.3 is 5.97 Å². The maximum atomic E-state index is 12.4. The Morgan fingerprint density at radius 2 is 2.00 bits per heavy atom. The SMILES string of the molecule is CC1(C(=O)O)CCN(Cc2cccc(NC(=O)c3ccccc3Cl)c2)C1. The Hall–Kier alpha value is -2.37. The number of hydrogen-bond acceptors (Lipinski definition) is 3. The molecule has 0 radical (unpaired) electrons. The van der Waals surface area contributed by atoms with E-state index in [0.29, 0.717) is 35.8 Å². The van der Waals surface area contributed by atoms with E-state index in [1.54, 1.807) is 31.2 Å². The van der Waals surface area contributed by atoms with E-state index >= 15 is 0 Å². The predicted octanol–water partition coefficient (Wildman–Crippen LogP) is 3.89. The van der Waals surface area contributed by atoms with Crippen LogP contribution in [-0.2, 0) is 11.3 Å². The summed E-state index contributed by atoms with van der Waals surface area (Å²) in [6.45, 7) is 3.71. The lowest BCUT2D eigenvalue weighted by Gasteiger charge is -2.20. The Labute approximate surface area is 157 Å². The van der Waals surface area contributed by atoms with E-state index in [2.05, 4.69) is 10.2 Å². The first-order chi connectivity index (χ1) is 12.4. The van der Waals surface area contributed by atoms with Crippen LogP contribution in [0.5, 0.6) is 0 Å². The monoisotopic (exact) mass is 372 g/mol. The zero-order valence-corrected chi connectivity index (χ0v) is 15.3. The summed E-state index contributed by atoms with van der Waals surface area (Å²) in [5.74, 6) is -1.01. The molecule has 2 aromatic rings. The molecule has 1 unspecified atom stereocenters. The molecule has 1 aliphatic heterocycles. The largest absolute Gasteiger partial charge is 0.481 e. The Morgan fingerprint density at radius 1 is 1.23 bits per heavy atom. The number of benzene rings is 2. The van der Waals surface area contributed by atoms with Crippen LogP contribution >= 0.6 is 11.6 Å². The van der Waals surface area contributed by atoms with Crippen molar-refractivity contribution in [3.8, 4) is 0 Å². The summed E-state index contributed by atoms with van der Waals surface area (Å²) >= 11 is 6.07. The number of rotatable bonds is 5. The van der Waals surface area contributed by atoms with E-state index in [1.807, 2.05) is 24.3 Å². The number of halogens is 1. The van der Waals surface area contributed by atoms with Gasteiger partial charge in [-0.05, 0) is 49.7 Å². The molecular formula is C20H21ClN2O3. The van der Waals surface area contributed by atoms with Crippen LogP contribution in [0.25, 0.3) is 0 Å². The quantitative estimate of drug-likeness (QED) is 0.835. The van der Waals surface area contributed by atoms with Gasteiger partial charge in [0.2, 0.25) is 0 Å². The molecule has 0 bridgehead atoms. The second-order valence-corrected chi connectivity index (χ2v) is 7.37. The van der Waals surface area contributed by atoms with Gasteiger partial charge in [-0.15, -0.1) is 0 Å². The van der Waals surface area contributed by atoms with Crippen LogP contribution in [-0.4, -0.2) is 35.0 Å². The van der Waals surface area contributed by atoms with E-state index in [1.165, 1.54) is 0 Å². The van der Waals surface area contributed by atoms with Crippen molar-refractivity contribution in [3.63, 3.8) is 0 Å². The van der Waals surface area contributed by atoms with Gasteiger partial charge in [0, 0.05) is 18.8 Å². The number of likely N-dealkylation sites (tertiary alicyclic amines) is 1. The highest BCUT2D eigenvalue weighted by molar-refractivity contribution is 6.34. The number of carboxylic acid groups (broad SMARTS) is 1. The van der Waals surface area contributed by atoms with Crippen molar-refractivity contribution in [2.75, 3.05) is 18.4 Å². The minimum Gasteiger partial charge on any atom is -0.481 e. The van der Waals surface area contributed by atoms with Crippen LogP contribution in [0.2, 0.25) is 5.02 Å². The number of carbonyl (C=O) groups excluding carboxylic acids is 1. The molecule has 6 heteroatoms. The third-order valence-corrected chi connectivity index (χ3v) is 5.11. The first-order valence-electron chi connectivity index (χ1n) is 8.48. The fraction of sp³-hybridized carbons (Fsp3) is 0.300. The van der Waals surface area contributed by atoms with Crippen molar-refractivity contribution in [2.45, 2.75) is 19.9 Å². The van der Waals surface area contributed by atoms with Crippen molar-refractivity contribution in [1.29, 1.82) is 0 Å². The van der Waals surface area contributed by atoms with E-state index in [0.717, 1.165) is 12.1 Å². The number of nitrogens with zero attached hydrogens (tertiary/aromatic N) is 1. The van der Waals surface area contributed by atoms with E-state index in [-0.39, 0.29) is 5.91 Å². The highest BCUT2D eigenvalue weighted by Gasteiger charge is 2.40. The molecule has 0 aliphatic carbocycles. The van der Waals surface area contributed by atoms with Gasteiger partial charge in [0.25, 0.3) is 5.91 Å². The lowest BCUT2D eigenvalue weighted by molar-refractivity contribution is -0.147. The van der Waals surface area contributed by atoms with Gasteiger partial charge in [-0.25, -0.2) is 0 Å². The number of hydrogen-bond donors (Lipinski definition) is 2. The zero-order valence-electron chi connectivity index (χ0n) is 14.5. The van der Waals surface area contributed by atoms with Gasteiger partial charge in [-0.1, -0.05) is 35.9 Å². The second-order valence-electron chi connectivity index (χ2n) is 6.96. The first-order valence-corrected chi connectivity index (χ1v) is 8.86. The average Bonchev–Trinajstić information content (AvgIpc) is 2.98. The number of nitrogens with one attached hydrogen (secondary N) is 1. The molecule has 136 valence electrons. The smallest absolute Gasteiger partial charge is 0.310 e. The lowest BCUT2D eigenvalue weighted by Crippen LogP contribution is -2.31. The molecule has 0 saturated carbocycles. The summed E-state index contributed by atoms with van der Waals surface area (Å²) < 4.78 is 0. The summed E-state index contributed by atoms with van der Waals surface area (Å²) in [7, 11) is 0. The minimum atomic E-state index is -0.749. The fourth-order valence-corrected chi connectivity index (χ4v) is 3.44. The van der Waals surface area contributed by atoms with E-state index in [9.17, 15) is 14.7 Å². The number of anilines is 1. The minimum absolute atomic E-state index is 0.257. The number of aliphatic carboxylic acids is 1. The van der Waals surface area contributed by atoms with Gasteiger partial charge in [-0.3, -0.25) is 14.5 Å². The summed E-state index contributed by atoms with van der Waals surface area (Å²) in [5.41, 5.74) is 1.45. The molecule has 3 rings (SSSR count). The Bertz CT molecular complexity index is 839. The van der Waals surface area contributed by atoms with Crippen LogP contribution in [0.1, 0.15) is 29.3 Å². The van der Waals surface area contributed by atoms with Crippen LogP contribution in [0.3, 0.4) is 0 Å². The van der Waals surface area contributed by atoms with Crippen LogP contribution in [0.4, 0.5) is 5.69 Å². The molecule has 26 heavy (non-hydrogen) atoms. The average molecular weight is 373 g/mol. The molecule has 0 spiro atoms. The van der Waals surface area contributed by atoms with Crippen molar-refractivity contribution < 1.29 is 14.7 Å². The molecule has 1 saturated heterocycles. The Kier molecular flexibility index (Phi) is 5.30. The van der Waals surface area contributed by atoms with Crippen molar-refractivity contribution >= 4 is 29.2 Å². The molecule has 1 amide bonds. The Morgan fingerprint density at radius 3 is 2.69 bits per heavy atom. The molecule has 1 fully saturated rings. The second kappa shape index (κ2) is 7.48. The van der Waals surface area contributed by atoms with E-state index < -0.39 is 11.4 Å². The summed E-state index contributed by atoms with van der Waals surface area (Å²) in [6.07, 6.45) is 0.644. The van der Waals surface area contributed by atoms with Gasteiger partial charge in [0.15, 0.2) is 0 Å². The topological polar surface area (TPSA) is 69.6 Å². The van der Waals surface area contributed by atoms with Crippen molar-refractivity contribution in [3.05, 3.63) is 64.7 Å². The van der Waals surface area contributed by atoms with E-state index in [4.69, 9.17) is 11.6 Å². The number of amides is 1. The summed E-state index contributed by atoms with van der Waals surface area (Å²) in [6, 6.07) is 14.5. The van der Waals surface area contributed by atoms with Crippen molar-refractivity contribution in [1.82, 2.24) is 4.90 Å². The lowest BCUT2D eigenvalue weighted by atomic mass is 9.90. The van der Waals surface area contributed by atoms with Crippen molar-refractivity contribution in [2.24, 2.45) is 5.41 Å². The maximum absolute atomic E-state index is 12.4. The highest BCUT2D eigenvalue weighted by atomic mass is 35.5. The van der Waals surface area contributed by atoms with Gasteiger partial charge in [-0.2, -0.15) is 0 Å². The Balaban J connectivity index is 1.67.